The summed E-state index contributed by atoms with van der Waals surface area (Å²) in [6, 6.07) is 8.50. The predicted molar refractivity (Wildman–Crippen MR) is 99.7 cm³/mol. The van der Waals surface area contributed by atoms with Crippen LogP contribution in [0, 0.1) is 5.92 Å². The van der Waals surface area contributed by atoms with Crippen LogP contribution in [0.15, 0.2) is 35.2 Å². The lowest BCUT2D eigenvalue weighted by molar-refractivity contribution is -0.127. The van der Waals surface area contributed by atoms with E-state index in [9.17, 15) is 4.79 Å². The van der Waals surface area contributed by atoms with Crippen LogP contribution in [0.4, 0.5) is 0 Å². The molecular weight excluding hydrogens is 344 g/mol. The van der Waals surface area contributed by atoms with Crippen molar-refractivity contribution in [1.82, 2.24) is 20.4 Å². The van der Waals surface area contributed by atoms with Crippen molar-refractivity contribution < 1.29 is 14.1 Å². The highest BCUT2D eigenvalue weighted by Gasteiger charge is 2.29. The first kappa shape index (κ1) is 18.1. The van der Waals surface area contributed by atoms with Gasteiger partial charge in [-0.1, -0.05) is 29.4 Å². The molecule has 7 nitrogen and oxygen atoms in total. The normalized spacial score (nSPS) is 19.9. The van der Waals surface area contributed by atoms with Crippen LogP contribution >= 0.6 is 0 Å². The molecule has 1 aromatic carbocycles. The number of carbonyl (C=O) groups excluding carboxylic acids is 1. The van der Waals surface area contributed by atoms with Gasteiger partial charge in [0, 0.05) is 37.3 Å². The van der Waals surface area contributed by atoms with E-state index in [0.29, 0.717) is 18.4 Å². The fourth-order valence-corrected chi connectivity index (χ4v) is 3.98. The number of aromatic nitrogens is 2. The Hall–Kier alpha value is -2.25. The predicted octanol–water partition coefficient (Wildman–Crippen LogP) is 2.24. The molecule has 0 unspecified atom stereocenters. The molecule has 1 amide bonds. The van der Waals surface area contributed by atoms with E-state index in [-0.39, 0.29) is 11.8 Å². The van der Waals surface area contributed by atoms with Crippen LogP contribution in [0.25, 0.3) is 11.4 Å². The third-order valence-corrected chi connectivity index (χ3v) is 5.65. The van der Waals surface area contributed by atoms with Gasteiger partial charge in [0.1, 0.15) is 0 Å². The van der Waals surface area contributed by atoms with Gasteiger partial charge in [0.15, 0.2) is 0 Å². The topological polar surface area (TPSA) is 80.5 Å². The Kier molecular flexibility index (Phi) is 5.79. The van der Waals surface area contributed by atoms with E-state index < -0.39 is 0 Å². The maximum atomic E-state index is 12.5. The Morgan fingerprint density at radius 2 is 1.85 bits per heavy atom. The number of piperidine rings is 1. The SMILES string of the molecule is O=C(NCc1ccc(-c2ncon2)cc1)C1CCN(C2CCOCC2)CC1. The number of nitrogens with one attached hydrogen (secondary N) is 1. The molecule has 0 radical (unpaired) electrons. The molecule has 7 heteroatoms. The van der Waals surface area contributed by atoms with Gasteiger partial charge in [-0.25, -0.2) is 0 Å². The summed E-state index contributed by atoms with van der Waals surface area (Å²) in [6.45, 7) is 4.32. The third-order valence-electron chi connectivity index (χ3n) is 5.65. The summed E-state index contributed by atoms with van der Waals surface area (Å²) in [4.78, 5) is 19.1. The van der Waals surface area contributed by atoms with Gasteiger partial charge in [0.2, 0.25) is 18.1 Å². The number of benzene rings is 1. The first-order valence-electron chi connectivity index (χ1n) is 9.75. The maximum Gasteiger partial charge on any atom is 0.223 e. The highest BCUT2D eigenvalue weighted by Crippen LogP contribution is 2.23. The smallest absolute Gasteiger partial charge is 0.223 e. The minimum atomic E-state index is 0.125. The molecule has 0 saturated carbocycles. The summed E-state index contributed by atoms with van der Waals surface area (Å²) < 4.78 is 10.2. The van der Waals surface area contributed by atoms with Gasteiger partial charge >= 0.3 is 0 Å². The van der Waals surface area contributed by atoms with E-state index in [2.05, 4.69) is 20.4 Å². The number of nitrogens with zero attached hydrogens (tertiary/aromatic N) is 3. The van der Waals surface area contributed by atoms with Crippen molar-refractivity contribution in [3.05, 3.63) is 36.2 Å². The number of amides is 1. The maximum absolute atomic E-state index is 12.5. The minimum Gasteiger partial charge on any atom is -0.381 e. The molecule has 0 aliphatic carbocycles. The summed E-state index contributed by atoms with van der Waals surface area (Å²) in [7, 11) is 0. The minimum absolute atomic E-state index is 0.125. The Balaban J connectivity index is 1.23. The van der Waals surface area contributed by atoms with E-state index in [1.807, 2.05) is 24.3 Å². The zero-order chi connectivity index (χ0) is 18.5. The van der Waals surface area contributed by atoms with Gasteiger partial charge in [0.25, 0.3) is 0 Å². The molecule has 2 saturated heterocycles. The third kappa shape index (κ3) is 4.54. The second-order valence-electron chi connectivity index (χ2n) is 7.32. The van der Waals surface area contributed by atoms with Crippen LogP contribution in [0.2, 0.25) is 0 Å². The lowest BCUT2D eigenvalue weighted by Gasteiger charge is -2.38. The Bertz CT molecular complexity index is 718. The molecule has 4 rings (SSSR count). The van der Waals surface area contributed by atoms with Crippen LogP contribution in [0.5, 0.6) is 0 Å². The van der Waals surface area contributed by atoms with Crippen molar-refractivity contribution in [3.63, 3.8) is 0 Å². The summed E-state index contributed by atoms with van der Waals surface area (Å²) in [6.07, 6.45) is 5.45. The zero-order valence-corrected chi connectivity index (χ0v) is 15.5. The van der Waals surface area contributed by atoms with Crippen LogP contribution < -0.4 is 5.32 Å². The number of likely N-dealkylation sites (tertiary alicyclic amines) is 1. The van der Waals surface area contributed by atoms with Gasteiger partial charge in [0.05, 0.1) is 0 Å². The Morgan fingerprint density at radius 3 is 2.52 bits per heavy atom. The van der Waals surface area contributed by atoms with Crippen molar-refractivity contribution in [3.8, 4) is 11.4 Å². The van der Waals surface area contributed by atoms with Crippen molar-refractivity contribution >= 4 is 5.91 Å². The van der Waals surface area contributed by atoms with Gasteiger partial charge in [-0.15, -0.1) is 0 Å². The molecule has 1 N–H and O–H groups in total. The van der Waals surface area contributed by atoms with E-state index in [1.54, 1.807) is 0 Å². The van der Waals surface area contributed by atoms with Crippen LogP contribution in [0.1, 0.15) is 31.2 Å². The molecule has 0 bridgehead atoms. The van der Waals surface area contributed by atoms with Crippen molar-refractivity contribution in [1.29, 1.82) is 0 Å². The molecule has 0 spiro atoms. The molecule has 2 aromatic rings. The average Bonchev–Trinajstić information content (AvgIpc) is 3.28. The number of hydrogen-bond donors (Lipinski definition) is 1. The number of hydrogen-bond acceptors (Lipinski definition) is 6. The quantitative estimate of drug-likeness (QED) is 0.869. The summed E-state index contributed by atoms with van der Waals surface area (Å²) in [5, 5.41) is 6.91. The number of ether oxygens (including phenoxy) is 1. The fraction of sp³-hybridized carbons (Fsp3) is 0.550. The molecule has 3 heterocycles. The monoisotopic (exact) mass is 370 g/mol. The van der Waals surface area contributed by atoms with Crippen LogP contribution in [-0.2, 0) is 16.1 Å². The molecule has 1 aromatic heterocycles. The Morgan fingerprint density at radius 1 is 1.11 bits per heavy atom. The number of carbonyl (C=O) groups is 1. The molecule has 2 aliphatic heterocycles. The molecule has 2 fully saturated rings. The van der Waals surface area contributed by atoms with Gasteiger partial charge in [-0.3, -0.25) is 4.79 Å². The molecular formula is C20H26N4O3. The van der Waals surface area contributed by atoms with Crippen molar-refractivity contribution in [2.75, 3.05) is 26.3 Å². The molecule has 0 atom stereocenters. The molecule has 144 valence electrons. The number of rotatable bonds is 5. The summed E-state index contributed by atoms with van der Waals surface area (Å²) >= 11 is 0. The van der Waals surface area contributed by atoms with Gasteiger partial charge in [-0.2, -0.15) is 4.98 Å². The zero-order valence-electron chi connectivity index (χ0n) is 15.5. The lowest BCUT2D eigenvalue weighted by Crippen LogP contribution is -2.46. The van der Waals surface area contributed by atoms with Gasteiger partial charge < -0.3 is 19.5 Å². The Labute approximate surface area is 159 Å². The van der Waals surface area contributed by atoms with Crippen molar-refractivity contribution in [2.24, 2.45) is 5.92 Å². The average molecular weight is 370 g/mol. The largest absolute Gasteiger partial charge is 0.381 e. The highest BCUT2D eigenvalue weighted by atomic mass is 16.5. The second-order valence-corrected chi connectivity index (χ2v) is 7.32. The van der Waals surface area contributed by atoms with E-state index in [1.165, 1.54) is 6.39 Å². The van der Waals surface area contributed by atoms with E-state index in [4.69, 9.17) is 9.26 Å². The molecule has 27 heavy (non-hydrogen) atoms. The second kappa shape index (κ2) is 8.63. The molecule has 2 aliphatic rings. The standard InChI is InChI=1S/C20H26N4O3/c25-20(17-5-9-24(10-6-17)18-7-11-26-12-8-18)21-13-15-1-3-16(4-2-15)19-22-14-27-23-19/h1-4,14,17-18H,5-13H2,(H,21,25). The van der Waals surface area contributed by atoms with Crippen LogP contribution in [-0.4, -0.2) is 53.3 Å². The summed E-state index contributed by atoms with van der Waals surface area (Å²) in [5.41, 5.74) is 1.97. The van der Waals surface area contributed by atoms with Crippen LogP contribution in [0.3, 0.4) is 0 Å². The highest BCUT2D eigenvalue weighted by molar-refractivity contribution is 5.78. The first-order valence-corrected chi connectivity index (χ1v) is 9.75. The fourth-order valence-electron chi connectivity index (χ4n) is 3.98. The van der Waals surface area contributed by atoms with Gasteiger partial charge in [-0.05, 0) is 44.3 Å². The van der Waals surface area contributed by atoms with Crippen molar-refractivity contribution in [2.45, 2.75) is 38.3 Å². The van der Waals surface area contributed by atoms with E-state index in [0.717, 1.165) is 63.1 Å². The first-order chi connectivity index (χ1) is 13.3. The van der Waals surface area contributed by atoms with E-state index >= 15 is 0 Å². The lowest BCUT2D eigenvalue weighted by atomic mass is 9.93. The summed E-state index contributed by atoms with van der Waals surface area (Å²) in [5.74, 6) is 0.866.